The SMILES string of the molecule is N#C/C(=C/N1CCN(c2ccccc2)CC1)C(=O)N1CCOCC1. The lowest BCUT2D eigenvalue weighted by atomic mass is 10.2. The minimum atomic E-state index is -0.189. The van der Waals surface area contributed by atoms with Crippen LogP contribution in [0.3, 0.4) is 0 Å². The Morgan fingerprint density at radius 2 is 1.71 bits per heavy atom. The molecule has 6 nitrogen and oxygen atoms in total. The zero-order chi connectivity index (χ0) is 16.8. The molecule has 0 aliphatic carbocycles. The topological polar surface area (TPSA) is 59.8 Å². The van der Waals surface area contributed by atoms with Crippen LogP contribution in [0.1, 0.15) is 0 Å². The van der Waals surface area contributed by atoms with E-state index in [4.69, 9.17) is 4.74 Å². The van der Waals surface area contributed by atoms with Crippen LogP contribution in [0.4, 0.5) is 5.69 Å². The summed E-state index contributed by atoms with van der Waals surface area (Å²) in [6.45, 7) is 5.56. The first-order valence-electron chi connectivity index (χ1n) is 8.31. The van der Waals surface area contributed by atoms with E-state index in [1.165, 1.54) is 5.69 Å². The first-order valence-corrected chi connectivity index (χ1v) is 8.31. The Balaban J connectivity index is 1.59. The standard InChI is InChI=1S/C18H22N4O2/c19-14-16(18(23)22-10-12-24-13-11-22)15-20-6-8-21(9-7-20)17-4-2-1-3-5-17/h1-5,15H,6-13H2/b16-15-. The molecule has 2 aliphatic rings. The summed E-state index contributed by atoms with van der Waals surface area (Å²) in [6, 6.07) is 12.4. The van der Waals surface area contributed by atoms with Crippen LogP contribution in [-0.2, 0) is 9.53 Å². The van der Waals surface area contributed by atoms with Crippen molar-refractivity contribution in [2.24, 2.45) is 0 Å². The molecule has 6 heteroatoms. The molecule has 126 valence electrons. The lowest BCUT2D eigenvalue weighted by molar-refractivity contribution is -0.130. The van der Waals surface area contributed by atoms with Crippen LogP contribution in [0.15, 0.2) is 42.1 Å². The van der Waals surface area contributed by atoms with E-state index >= 15 is 0 Å². The molecule has 2 aliphatic heterocycles. The van der Waals surface area contributed by atoms with E-state index in [1.54, 1.807) is 11.1 Å². The van der Waals surface area contributed by atoms with Gasteiger partial charge in [0.25, 0.3) is 5.91 Å². The number of amides is 1. The molecule has 0 saturated carbocycles. The zero-order valence-electron chi connectivity index (χ0n) is 13.7. The van der Waals surface area contributed by atoms with E-state index in [1.807, 2.05) is 18.2 Å². The lowest BCUT2D eigenvalue weighted by Gasteiger charge is -2.36. The second-order valence-corrected chi connectivity index (χ2v) is 5.92. The fraction of sp³-hybridized carbons (Fsp3) is 0.444. The molecule has 0 N–H and O–H groups in total. The van der Waals surface area contributed by atoms with Crippen LogP contribution in [0.25, 0.3) is 0 Å². The first-order chi connectivity index (χ1) is 11.8. The Labute approximate surface area is 142 Å². The van der Waals surface area contributed by atoms with Gasteiger partial charge in [0.05, 0.1) is 13.2 Å². The largest absolute Gasteiger partial charge is 0.378 e. The molecule has 0 bridgehead atoms. The van der Waals surface area contributed by atoms with Crippen molar-refractivity contribution in [3.05, 3.63) is 42.1 Å². The van der Waals surface area contributed by atoms with Gasteiger partial charge in [0, 0.05) is 51.2 Å². The highest BCUT2D eigenvalue weighted by Crippen LogP contribution is 2.16. The van der Waals surface area contributed by atoms with Crippen LogP contribution in [0, 0.1) is 11.3 Å². The van der Waals surface area contributed by atoms with Gasteiger partial charge in [-0.05, 0) is 12.1 Å². The van der Waals surface area contributed by atoms with Crippen molar-refractivity contribution in [1.29, 1.82) is 5.26 Å². The summed E-state index contributed by atoms with van der Waals surface area (Å²) in [6.07, 6.45) is 1.72. The molecule has 2 saturated heterocycles. The highest BCUT2D eigenvalue weighted by atomic mass is 16.5. The van der Waals surface area contributed by atoms with Crippen LogP contribution >= 0.6 is 0 Å². The summed E-state index contributed by atoms with van der Waals surface area (Å²) in [7, 11) is 0. The number of carbonyl (C=O) groups excluding carboxylic acids is 1. The molecule has 2 heterocycles. The molecule has 0 radical (unpaired) electrons. The Morgan fingerprint density at radius 3 is 2.33 bits per heavy atom. The smallest absolute Gasteiger partial charge is 0.266 e. The number of nitrogens with zero attached hydrogens (tertiary/aromatic N) is 4. The molecule has 3 rings (SSSR count). The Bertz CT molecular complexity index is 624. The van der Waals surface area contributed by atoms with E-state index in [0.717, 1.165) is 26.2 Å². The number of para-hydroxylation sites is 1. The van der Waals surface area contributed by atoms with Gasteiger partial charge in [-0.15, -0.1) is 0 Å². The number of hydrogen-bond donors (Lipinski definition) is 0. The molecule has 0 spiro atoms. The van der Waals surface area contributed by atoms with E-state index in [0.29, 0.717) is 26.3 Å². The third-order valence-electron chi connectivity index (χ3n) is 4.40. The van der Waals surface area contributed by atoms with Crippen molar-refractivity contribution < 1.29 is 9.53 Å². The third-order valence-corrected chi connectivity index (χ3v) is 4.40. The lowest BCUT2D eigenvalue weighted by Crippen LogP contribution is -2.45. The number of hydrogen-bond acceptors (Lipinski definition) is 5. The van der Waals surface area contributed by atoms with Crippen LogP contribution in [0.2, 0.25) is 0 Å². The van der Waals surface area contributed by atoms with Gasteiger partial charge < -0.3 is 19.4 Å². The number of rotatable bonds is 3. The maximum Gasteiger partial charge on any atom is 0.266 e. The Hall–Kier alpha value is -2.52. The van der Waals surface area contributed by atoms with Gasteiger partial charge in [0.1, 0.15) is 11.6 Å². The normalized spacial score (nSPS) is 19.1. The molecular formula is C18H22N4O2. The highest BCUT2D eigenvalue weighted by molar-refractivity contribution is 5.97. The molecule has 0 atom stereocenters. The number of morpholine rings is 1. The van der Waals surface area contributed by atoms with Gasteiger partial charge in [-0.1, -0.05) is 18.2 Å². The monoisotopic (exact) mass is 326 g/mol. The summed E-state index contributed by atoms with van der Waals surface area (Å²) in [5.74, 6) is -0.189. The zero-order valence-corrected chi connectivity index (χ0v) is 13.7. The molecule has 1 aromatic rings. The predicted molar refractivity (Wildman–Crippen MR) is 91.3 cm³/mol. The molecular weight excluding hydrogens is 304 g/mol. The maximum absolute atomic E-state index is 12.4. The van der Waals surface area contributed by atoms with E-state index in [-0.39, 0.29) is 11.5 Å². The summed E-state index contributed by atoms with van der Waals surface area (Å²) >= 11 is 0. The van der Waals surface area contributed by atoms with E-state index in [9.17, 15) is 10.1 Å². The third kappa shape index (κ3) is 3.87. The number of carbonyl (C=O) groups is 1. The van der Waals surface area contributed by atoms with Gasteiger partial charge >= 0.3 is 0 Å². The second-order valence-electron chi connectivity index (χ2n) is 5.92. The van der Waals surface area contributed by atoms with Gasteiger partial charge in [0.15, 0.2) is 0 Å². The Kier molecular flexibility index (Phi) is 5.34. The van der Waals surface area contributed by atoms with Crippen LogP contribution < -0.4 is 4.90 Å². The molecule has 2 fully saturated rings. The summed E-state index contributed by atoms with van der Waals surface area (Å²) in [5, 5.41) is 9.35. The molecule has 24 heavy (non-hydrogen) atoms. The summed E-state index contributed by atoms with van der Waals surface area (Å²) in [5.41, 5.74) is 1.43. The fourth-order valence-corrected chi connectivity index (χ4v) is 3.00. The van der Waals surface area contributed by atoms with Crippen molar-refractivity contribution in [3.63, 3.8) is 0 Å². The van der Waals surface area contributed by atoms with Gasteiger partial charge in [-0.25, -0.2) is 0 Å². The summed E-state index contributed by atoms with van der Waals surface area (Å²) < 4.78 is 5.25. The maximum atomic E-state index is 12.4. The minimum Gasteiger partial charge on any atom is -0.378 e. The fourth-order valence-electron chi connectivity index (χ4n) is 3.00. The van der Waals surface area contributed by atoms with Gasteiger partial charge in [0.2, 0.25) is 0 Å². The number of anilines is 1. The number of ether oxygens (including phenoxy) is 1. The summed E-state index contributed by atoms with van der Waals surface area (Å²) in [4.78, 5) is 18.5. The van der Waals surface area contributed by atoms with Gasteiger partial charge in [-0.2, -0.15) is 5.26 Å². The van der Waals surface area contributed by atoms with Crippen molar-refractivity contribution in [2.45, 2.75) is 0 Å². The average Bonchev–Trinajstić information content (AvgIpc) is 2.67. The molecule has 0 aromatic heterocycles. The minimum absolute atomic E-state index is 0.189. The highest BCUT2D eigenvalue weighted by Gasteiger charge is 2.22. The van der Waals surface area contributed by atoms with Crippen molar-refractivity contribution in [2.75, 3.05) is 57.4 Å². The number of piperazine rings is 1. The average molecular weight is 326 g/mol. The first kappa shape index (κ1) is 16.3. The molecule has 0 unspecified atom stereocenters. The van der Waals surface area contributed by atoms with E-state index in [2.05, 4.69) is 28.0 Å². The molecule has 1 amide bonds. The molecule has 1 aromatic carbocycles. The number of nitriles is 1. The van der Waals surface area contributed by atoms with Crippen molar-refractivity contribution in [3.8, 4) is 6.07 Å². The van der Waals surface area contributed by atoms with Crippen LogP contribution in [-0.4, -0.2) is 68.2 Å². The van der Waals surface area contributed by atoms with Gasteiger partial charge in [-0.3, -0.25) is 4.79 Å². The van der Waals surface area contributed by atoms with E-state index < -0.39 is 0 Å². The number of benzene rings is 1. The van der Waals surface area contributed by atoms with Crippen LogP contribution in [0.5, 0.6) is 0 Å². The predicted octanol–water partition coefficient (Wildman–Crippen LogP) is 1.07. The van der Waals surface area contributed by atoms with Crippen molar-refractivity contribution >= 4 is 11.6 Å². The van der Waals surface area contributed by atoms with Crippen molar-refractivity contribution in [1.82, 2.24) is 9.80 Å². The Morgan fingerprint density at radius 1 is 1.04 bits per heavy atom. The quantitative estimate of drug-likeness (QED) is 0.614. The second kappa shape index (κ2) is 7.84.